The van der Waals surface area contributed by atoms with Crippen molar-refractivity contribution in [2.75, 3.05) is 77.1 Å². The van der Waals surface area contributed by atoms with Gasteiger partial charge in [-0.25, -0.2) is 0 Å². The highest BCUT2D eigenvalue weighted by Gasteiger charge is 2.70. The number of carbonyl (C=O) groups is 3. The van der Waals surface area contributed by atoms with Crippen LogP contribution >= 0.6 is 11.8 Å². The fourth-order valence-electron chi connectivity index (χ4n) is 6.94. The average Bonchev–Trinajstić information content (AvgIpc) is 3.29. The Hall–Kier alpha value is -2.86. The zero-order valence-electron chi connectivity index (χ0n) is 23.4. The molecule has 6 rings (SSSR count). The van der Waals surface area contributed by atoms with Gasteiger partial charge in [-0.1, -0.05) is 24.3 Å². The van der Waals surface area contributed by atoms with E-state index < -0.39 is 22.6 Å². The van der Waals surface area contributed by atoms with Gasteiger partial charge in [0.2, 0.25) is 17.7 Å². The van der Waals surface area contributed by atoms with Crippen LogP contribution < -0.4 is 9.64 Å². The summed E-state index contributed by atoms with van der Waals surface area (Å²) in [4.78, 5) is 50.0. The van der Waals surface area contributed by atoms with Crippen molar-refractivity contribution in [3.05, 3.63) is 48.6 Å². The molecule has 41 heavy (non-hydrogen) atoms. The number of hydrogen-bond acceptors (Lipinski definition) is 8. The second kappa shape index (κ2) is 11.8. The van der Waals surface area contributed by atoms with Gasteiger partial charge < -0.3 is 29.3 Å². The fourth-order valence-corrected chi connectivity index (χ4v) is 8.95. The Morgan fingerprint density at radius 2 is 1.78 bits per heavy atom. The Morgan fingerprint density at radius 3 is 2.51 bits per heavy atom. The minimum absolute atomic E-state index is 0.0587. The lowest BCUT2D eigenvalue weighted by Crippen LogP contribution is -2.54. The number of carbonyl (C=O) groups excluding carboxylic acids is 3. The van der Waals surface area contributed by atoms with Crippen molar-refractivity contribution in [3.63, 3.8) is 0 Å². The van der Waals surface area contributed by atoms with E-state index in [9.17, 15) is 19.5 Å². The summed E-state index contributed by atoms with van der Waals surface area (Å²) < 4.78 is 10.1. The Balaban J connectivity index is 1.30. The molecule has 5 atom stereocenters. The van der Waals surface area contributed by atoms with Crippen molar-refractivity contribution in [3.8, 4) is 5.75 Å². The standard InChI is InChI=1S/C30H38N4O6S/c1-2-40-22-8-6-21(7-9-22)33-12-3-5-23-24(27(33)36)25-28(37)34(15-18-35)26-29(38)32(11-4-10-30(25,26)41-23)14-13-31-16-19-39-20-17-31/h3-10,23-26,35H,2,11-20H2,1H3/t23-,24+,25+,26?,30+/m1/s1. The molecule has 5 aliphatic rings. The number of nitrogens with zero attached hydrogens (tertiary/aromatic N) is 4. The van der Waals surface area contributed by atoms with Gasteiger partial charge >= 0.3 is 0 Å². The van der Waals surface area contributed by atoms with Gasteiger partial charge in [-0.2, -0.15) is 0 Å². The SMILES string of the molecule is CCOc1ccc(N2CC=C[C@H]3S[C@]45C=CCN(CCN6CCOCC6)C(=O)C4N(CCO)C(=O)[C@@H]5[C@H]3C2=O)cc1. The monoisotopic (exact) mass is 582 g/mol. The predicted octanol–water partition coefficient (Wildman–Crippen LogP) is 1.01. The first-order valence-electron chi connectivity index (χ1n) is 14.5. The summed E-state index contributed by atoms with van der Waals surface area (Å²) in [6.07, 6.45) is 8.04. The fraction of sp³-hybridized carbons (Fsp3) is 0.567. The zero-order valence-corrected chi connectivity index (χ0v) is 24.2. The third-order valence-electron chi connectivity index (χ3n) is 8.83. The van der Waals surface area contributed by atoms with E-state index in [0.29, 0.717) is 39.5 Å². The lowest BCUT2D eigenvalue weighted by molar-refractivity contribution is -0.143. The first kappa shape index (κ1) is 28.3. The normalized spacial score (nSPS) is 31.7. The van der Waals surface area contributed by atoms with Gasteiger partial charge in [0, 0.05) is 56.8 Å². The van der Waals surface area contributed by atoms with Gasteiger partial charge in [0.1, 0.15) is 11.8 Å². The molecule has 1 aromatic rings. The number of ether oxygens (including phenoxy) is 2. The van der Waals surface area contributed by atoms with Crippen molar-refractivity contribution in [1.82, 2.24) is 14.7 Å². The number of β-amino-alcohol motifs (C(OH)–C–C–N with tert-alkyl or cyclic N) is 1. The number of anilines is 1. The molecule has 0 bridgehead atoms. The minimum atomic E-state index is -0.881. The quantitative estimate of drug-likeness (QED) is 0.454. The Labute approximate surface area is 244 Å². The Bertz CT molecular complexity index is 1220. The van der Waals surface area contributed by atoms with Gasteiger partial charge in [-0.3, -0.25) is 19.3 Å². The molecule has 0 saturated carbocycles. The van der Waals surface area contributed by atoms with Crippen LogP contribution in [-0.2, 0) is 19.1 Å². The third-order valence-corrected chi connectivity index (χ3v) is 10.6. The molecule has 0 aromatic heterocycles. The number of fused-ring (bicyclic) bond motifs is 2. The highest BCUT2D eigenvalue weighted by atomic mass is 32.2. The van der Waals surface area contributed by atoms with Crippen LogP contribution in [0.3, 0.4) is 0 Å². The van der Waals surface area contributed by atoms with Crippen LogP contribution in [0.15, 0.2) is 48.6 Å². The molecule has 5 heterocycles. The lowest BCUT2D eigenvalue weighted by atomic mass is 9.78. The van der Waals surface area contributed by atoms with E-state index >= 15 is 0 Å². The molecule has 1 spiro atoms. The highest BCUT2D eigenvalue weighted by Crippen LogP contribution is 2.61. The maximum absolute atomic E-state index is 14.3. The molecule has 0 radical (unpaired) electrons. The van der Waals surface area contributed by atoms with Crippen LogP contribution in [-0.4, -0.2) is 126 Å². The number of morpholine rings is 1. The molecule has 5 aliphatic heterocycles. The summed E-state index contributed by atoms with van der Waals surface area (Å²) in [5.74, 6) is -1.05. The summed E-state index contributed by atoms with van der Waals surface area (Å²) in [6.45, 7) is 7.47. The van der Waals surface area contributed by atoms with Crippen LogP contribution in [0.25, 0.3) is 0 Å². The summed E-state index contributed by atoms with van der Waals surface area (Å²) >= 11 is 1.56. The van der Waals surface area contributed by atoms with E-state index in [1.54, 1.807) is 16.7 Å². The first-order valence-corrected chi connectivity index (χ1v) is 15.4. The van der Waals surface area contributed by atoms with Gasteiger partial charge in [-0.15, -0.1) is 11.8 Å². The van der Waals surface area contributed by atoms with Crippen molar-refractivity contribution >= 4 is 35.2 Å². The Kier molecular flexibility index (Phi) is 8.13. The number of benzene rings is 1. The molecule has 10 nitrogen and oxygen atoms in total. The van der Waals surface area contributed by atoms with Gasteiger partial charge in [0.25, 0.3) is 0 Å². The number of amides is 3. The van der Waals surface area contributed by atoms with Crippen molar-refractivity contribution in [2.24, 2.45) is 11.8 Å². The first-order chi connectivity index (χ1) is 20.0. The summed E-state index contributed by atoms with van der Waals surface area (Å²) in [5, 5.41) is 9.68. The second-order valence-corrected chi connectivity index (χ2v) is 12.5. The maximum atomic E-state index is 14.3. The molecular weight excluding hydrogens is 544 g/mol. The summed E-state index contributed by atoms with van der Waals surface area (Å²) in [7, 11) is 0. The average molecular weight is 583 g/mol. The molecular formula is C30H38N4O6S. The van der Waals surface area contributed by atoms with Crippen LogP contribution in [0.2, 0.25) is 0 Å². The molecule has 1 N–H and O–H groups in total. The molecule has 1 unspecified atom stereocenters. The Morgan fingerprint density at radius 1 is 1.00 bits per heavy atom. The largest absolute Gasteiger partial charge is 0.494 e. The van der Waals surface area contributed by atoms with E-state index in [0.717, 1.165) is 31.1 Å². The molecule has 0 aliphatic carbocycles. The maximum Gasteiger partial charge on any atom is 0.247 e. The summed E-state index contributed by atoms with van der Waals surface area (Å²) in [5.41, 5.74) is 0.741. The van der Waals surface area contributed by atoms with Gasteiger partial charge in [0.05, 0.1) is 43.0 Å². The van der Waals surface area contributed by atoms with Gasteiger partial charge in [-0.05, 0) is 31.2 Å². The molecule has 11 heteroatoms. The lowest BCUT2D eigenvalue weighted by Gasteiger charge is -2.36. The highest BCUT2D eigenvalue weighted by molar-refractivity contribution is 8.02. The second-order valence-electron chi connectivity index (χ2n) is 11.0. The zero-order chi connectivity index (χ0) is 28.6. The van der Waals surface area contributed by atoms with Crippen LogP contribution in [0.5, 0.6) is 5.75 Å². The minimum Gasteiger partial charge on any atom is -0.494 e. The summed E-state index contributed by atoms with van der Waals surface area (Å²) in [6, 6.07) is 6.66. The molecule has 3 amide bonds. The number of thioether (sulfide) groups is 1. The van der Waals surface area contributed by atoms with E-state index in [2.05, 4.69) is 4.90 Å². The molecule has 3 saturated heterocycles. The molecule has 3 fully saturated rings. The predicted molar refractivity (Wildman–Crippen MR) is 156 cm³/mol. The van der Waals surface area contributed by atoms with Crippen molar-refractivity contribution < 1.29 is 29.0 Å². The van der Waals surface area contributed by atoms with E-state index in [-0.39, 0.29) is 36.1 Å². The third kappa shape index (κ3) is 4.96. The van der Waals surface area contributed by atoms with Crippen molar-refractivity contribution in [2.45, 2.75) is 23.0 Å². The number of aliphatic hydroxyl groups excluding tert-OH is 1. The topological polar surface area (TPSA) is 103 Å². The van der Waals surface area contributed by atoms with Crippen LogP contribution in [0.4, 0.5) is 5.69 Å². The van der Waals surface area contributed by atoms with Crippen LogP contribution in [0, 0.1) is 11.8 Å². The number of rotatable bonds is 8. The van der Waals surface area contributed by atoms with Crippen LogP contribution in [0.1, 0.15) is 6.92 Å². The van der Waals surface area contributed by atoms with E-state index in [4.69, 9.17) is 9.47 Å². The molecule has 1 aromatic carbocycles. The number of aliphatic hydroxyl groups is 1. The number of hydrogen-bond donors (Lipinski definition) is 1. The van der Waals surface area contributed by atoms with E-state index in [1.807, 2.05) is 60.4 Å². The molecule has 220 valence electrons. The smallest absolute Gasteiger partial charge is 0.247 e. The van der Waals surface area contributed by atoms with Crippen molar-refractivity contribution in [1.29, 1.82) is 0 Å². The number of likely N-dealkylation sites (tertiary alicyclic amines) is 1. The van der Waals surface area contributed by atoms with Gasteiger partial charge in [0.15, 0.2) is 0 Å². The van der Waals surface area contributed by atoms with E-state index in [1.165, 1.54) is 4.90 Å².